The van der Waals surface area contributed by atoms with Gasteiger partial charge in [0.05, 0.1) is 10.6 Å². The largest absolute Gasteiger partial charge is 0.352 e. The van der Waals surface area contributed by atoms with Gasteiger partial charge >= 0.3 is 0 Å². The van der Waals surface area contributed by atoms with Crippen LogP contribution in [0.5, 0.6) is 0 Å². The van der Waals surface area contributed by atoms with Crippen molar-refractivity contribution in [3.8, 4) is 0 Å². The molecule has 0 heterocycles. The first kappa shape index (κ1) is 20.7. The molecule has 7 heteroatoms. The average Bonchev–Trinajstić information content (AvgIpc) is 2.67. The summed E-state index contributed by atoms with van der Waals surface area (Å²) in [6.45, 7) is 1.63. The second kappa shape index (κ2) is 8.97. The molecule has 0 aliphatic heterocycles. The van der Waals surface area contributed by atoms with Gasteiger partial charge in [-0.05, 0) is 61.7 Å². The normalized spacial score (nSPS) is 15.2. The third-order valence-electron chi connectivity index (χ3n) is 4.95. The van der Waals surface area contributed by atoms with E-state index in [9.17, 15) is 13.2 Å². The van der Waals surface area contributed by atoms with Crippen LogP contribution >= 0.6 is 11.6 Å². The van der Waals surface area contributed by atoms with E-state index in [1.54, 1.807) is 18.2 Å². The van der Waals surface area contributed by atoms with E-state index in [0.717, 1.165) is 31.2 Å². The van der Waals surface area contributed by atoms with Crippen LogP contribution < -0.4 is 9.62 Å². The molecular formula is C21H25ClN2O3S. The van der Waals surface area contributed by atoms with Crippen molar-refractivity contribution in [1.29, 1.82) is 0 Å². The molecule has 1 N–H and O–H groups in total. The van der Waals surface area contributed by atoms with E-state index in [1.165, 1.54) is 35.0 Å². The molecule has 150 valence electrons. The van der Waals surface area contributed by atoms with Gasteiger partial charge in [-0.2, -0.15) is 0 Å². The number of carbonyl (C=O) groups excluding carboxylic acids is 1. The second-order valence-corrected chi connectivity index (χ2v) is 9.51. The number of sulfonamides is 1. The first-order chi connectivity index (χ1) is 13.4. The first-order valence-corrected chi connectivity index (χ1v) is 11.3. The SMILES string of the molecule is Cc1cccc(N(CC(=O)NC2CCCCC2)S(=O)(=O)c2ccc(Cl)cc2)c1. The summed E-state index contributed by atoms with van der Waals surface area (Å²) >= 11 is 5.90. The number of hydrogen-bond donors (Lipinski definition) is 1. The molecule has 1 aliphatic carbocycles. The number of amides is 1. The number of rotatable bonds is 6. The van der Waals surface area contributed by atoms with Gasteiger partial charge in [-0.25, -0.2) is 8.42 Å². The van der Waals surface area contributed by atoms with Crippen LogP contribution in [0.15, 0.2) is 53.4 Å². The van der Waals surface area contributed by atoms with Gasteiger partial charge in [0.15, 0.2) is 0 Å². The van der Waals surface area contributed by atoms with Gasteiger partial charge in [-0.3, -0.25) is 9.10 Å². The van der Waals surface area contributed by atoms with Crippen LogP contribution in [0.3, 0.4) is 0 Å². The smallest absolute Gasteiger partial charge is 0.264 e. The van der Waals surface area contributed by atoms with Crippen molar-refractivity contribution in [3.63, 3.8) is 0 Å². The Labute approximate surface area is 171 Å². The zero-order chi connectivity index (χ0) is 20.1. The van der Waals surface area contributed by atoms with E-state index >= 15 is 0 Å². The lowest BCUT2D eigenvalue weighted by molar-refractivity contribution is -0.120. The fraction of sp³-hybridized carbons (Fsp3) is 0.381. The van der Waals surface area contributed by atoms with E-state index in [0.29, 0.717) is 10.7 Å². The Kier molecular flexibility index (Phi) is 6.62. The van der Waals surface area contributed by atoms with Crippen molar-refractivity contribution < 1.29 is 13.2 Å². The predicted octanol–water partition coefficient (Wildman–Crippen LogP) is 4.29. The fourth-order valence-electron chi connectivity index (χ4n) is 3.48. The van der Waals surface area contributed by atoms with Gasteiger partial charge in [-0.15, -0.1) is 0 Å². The third-order valence-corrected chi connectivity index (χ3v) is 6.99. The molecule has 0 unspecified atom stereocenters. The standard InChI is InChI=1S/C21H25ClN2O3S/c1-16-6-5-9-19(14-16)24(15-21(25)23-18-7-3-2-4-8-18)28(26,27)20-12-10-17(22)11-13-20/h5-6,9-14,18H,2-4,7-8,15H2,1H3,(H,23,25). The van der Waals surface area contributed by atoms with Crippen molar-refractivity contribution in [1.82, 2.24) is 5.32 Å². The minimum absolute atomic E-state index is 0.101. The topological polar surface area (TPSA) is 66.5 Å². The van der Waals surface area contributed by atoms with E-state index in [4.69, 9.17) is 11.6 Å². The highest BCUT2D eigenvalue weighted by molar-refractivity contribution is 7.92. The number of nitrogens with zero attached hydrogens (tertiary/aromatic N) is 1. The summed E-state index contributed by atoms with van der Waals surface area (Å²) < 4.78 is 27.7. The van der Waals surface area contributed by atoms with Crippen molar-refractivity contribution in [2.24, 2.45) is 0 Å². The zero-order valence-electron chi connectivity index (χ0n) is 15.9. The molecule has 1 saturated carbocycles. The Balaban J connectivity index is 1.88. The fourth-order valence-corrected chi connectivity index (χ4v) is 5.02. The number of aryl methyl sites for hydroxylation is 1. The molecule has 0 radical (unpaired) electrons. The molecule has 0 saturated heterocycles. The van der Waals surface area contributed by atoms with E-state index < -0.39 is 10.0 Å². The molecule has 1 amide bonds. The summed E-state index contributed by atoms with van der Waals surface area (Å²) in [7, 11) is -3.91. The highest BCUT2D eigenvalue weighted by atomic mass is 35.5. The van der Waals surface area contributed by atoms with Crippen molar-refractivity contribution >= 4 is 33.2 Å². The summed E-state index contributed by atoms with van der Waals surface area (Å²) in [4.78, 5) is 12.8. The molecule has 0 atom stereocenters. The molecule has 3 rings (SSSR count). The third kappa shape index (κ3) is 5.06. The lowest BCUT2D eigenvalue weighted by Crippen LogP contribution is -2.44. The molecule has 1 aliphatic rings. The lowest BCUT2D eigenvalue weighted by atomic mass is 9.95. The van der Waals surface area contributed by atoms with Crippen LogP contribution in [0.2, 0.25) is 5.02 Å². The molecule has 5 nitrogen and oxygen atoms in total. The van der Waals surface area contributed by atoms with E-state index in [2.05, 4.69) is 5.32 Å². The van der Waals surface area contributed by atoms with Crippen LogP contribution in [0.25, 0.3) is 0 Å². The zero-order valence-corrected chi connectivity index (χ0v) is 17.5. The van der Waals surface area contributed by atoms with Crippen molar-refractivity contribution in [3.05, 3.63) is 59.1 Å². The number of hydrogen-bond acceptors (Lipinski definition) is 3. The number of nitrogens with one attached hydrogen (secondary N) is 1. The maximum Gasteiger partial charge on any atom is 0.264 e. The van der Waals surface area contributed by atoms with Gasteiger partial charge in [0.2, 0.25) is 5.91 Å². The molecule has 28 heavy (non-hydrogen) atoms. The summed E-state index contributed by atoms with van der Waals surface area (Å²) in [5.41, 5.74) is 1.38. The van der Waals surface area contributed by atoms with Crippen LogP contribution in [-0.2, 0) is 14.8 Å². The number of carbonyl (C=O) groups is 1. The number of halogens is 1. The van der Waals surface area contributed by atoms with Gasteiger partial charge in [0, 0.05) is 11.1 Å². The Morgan fingerprint density at radius 1 is 1.11 bits per heavy atom. The van der Waals surface area contributed by atoms with Crippen LogP contribution in [0.1, 0.15) is 37.7 Å². The minimum Gasteiger partial charge on any atom is -0.352 e. The highest BCUT2D eigenvalue weighted by Gasteiger charge is 2.28. The average molecular weight is 421 g/mol. The predicted molar refractivity (Wildman–Crippen MR) is 112 cm³/mol. The van der Waals surface area contributed by atoms with Crippen LogP contribution in [-0.4, -0.2) is 26.9 Å². The van der Waals surface area contributed by atoms with E-state index in [1.807, 2.05) is 13.0 Å². The van der Waals surface area contributed by atoms with Gasteiger partial charge in [0.1, 0.15) is 6.54 Å². The summed E-state index contributed by atoms with van der Waals surface area (Å²) in [6, 6.07) is 13.2. The number of benzene rings is 2. The maximum absolute atomic E-state index is 13.3. The van der Waals surface area contributed by atoms with E-state index in [-0.39, 0.29) is 23.4 Å². The Hall–Kier alpha value is -2.05. The van der Waals surface area contributed by atoms with Crippen LogP contribution in [0, 0.1) is 6.92 Å². The monoisotopic (exact) mass is 420 g/mol. The second-order valence-electron chi connectivity index (χ2n) is 7.21. The molecular weight excluding hydrogens is 396 g/mol. The van der Waals surface area contributed by atoms with Crippen molar-refractivity contribution in [2.45, 2.75) is 50.0 Å². The highest BCUT2D eigenvalue weighted by Crippen LogP contribution is 2.25. The Bertz CT molecular complexity index is 923. The minimum atomic E-state index is -3.91. The molecule has 2 aromatic carbocycles. The van der Waals surface area contributed by atoms with Crippen LogP contribution in [0.4, 0.5) is 5.69 Å². The van der Waals surface area contributed by atoms with Gasteiger partial charge < -0.3 is 5.32 Å². The van der Waals surface area contributed by atoms with Gasteiger partial charge in [-0.1, -0.05) is 43.0 Å². The Morgan fingerprint density at radius 2 is 1.79 bits per heavy atom. The lowest BCUT2D eigenvalue weighted by Gasteiger charge is -2.27. The molecule has 2 aromatic rings. The molecule has 1 fully saturated rings. The summed E-state index contributed by atoms with van der Waals surface area (Å²) in [6.07, 6.45) is 5.26. The quantitative estimate of drug-likeness (QED) is 0.757. The summed E-state index contributed by atoms with van der Waals surface area (Å²) in [5, 5.41) is 3.45. The first-order valence-electron chi connectivity index (χ1n) is 9.50. The van der Waals surface area contributed by atoms with Gasteiger partial charge in [0.25, 0.3) is 10.0 Å². The summed E-state index contributed by atoms with van der Waals surface area (Å²) in [5.74, 6) is -0.286. The maximum atomic E-state index is 13.3. The molecule has 0 spiro atoms. The molecule has 0 aromatic heterocycles. The number of anilines is 1. The van der Waals surface area contributed by atoms with Crippen molar-refractivity contribution in [2.75, 3.05) is 10.8 Å². The Morgan fingerprint density at radius 3 is 2.43 bits per heavy atom. The molecule has 0 bridgehead atoms.